The number of amides is 1. The molecule has 7 heteroatoms. The van der Waals surface area contributed by atoms with E-state index in [1.54, 1.807) is 36.5 Å². The van der Waals surface area contributed by atoms with Crippen molar-refractivity contribution >= 4 is 5.91 Å². The van der Waals surface area contributed by atoms with Crippen LogP contribution in [-0.4, -0.2) is 43.6 Å². The number of carbonyl (C=O) groups is 1. The molecule has 7 nitrogen and oxygen atoms in total. The lowest BCUT2D eigenvalue weighted by atomic mass is 9.95. The van der Waals surface area contributed by atoms with Crippen LogP contribution in [0.3, 0.4) is 0 Å². The van der Waals surface area contributed by atoms with Crippen LogP contribution in [0.15, 0.2) is 35.5 Å². The molecule has 0 unspecified atom stereocenters. The van der Waals surface area contributed by atoms with E-state index in [9.17, 15) is 9.59 Å². The Morgan fingerprint density at radius 3 is 3.00 bits per heavy atom. The second-order valence-corrected chi connectivity index (χ2v) is 5.78. The Morgan fingerprint density at radius 2 is 2.22 bits per heavy atom. The van der Waals surface area contributed by atoms with Crippen molar-refractivity contribution in [2.75, 3.05) is 13.1 Å². The van der Waals surface area contributed by atoms with Crippen LogP contribution in [0.25, 0.3) is 0 Å². The molecule has 0 saturated carbocycles. The van der Waals surface area contributed by atoms with Crippen molar-refractivity contribution in [3.05, 3.63) is 52.5 Å². The first-order valence-corrected chi connectivity index (χ1v) is 7.72. The molecule has 1 aliphatic heterocycles. The minimum atomic E-state index is -0.258. The molecule has 0 aromatic carbocycles. The van der Waals surface area contributed by atoms with Gasteiger partial charge in [-0.25, -0.2) is 4.68 Å². The van der Waals surface area contributed by atoms with Gasteiger partial charge in [0.2, 0.25) is 5.91 Å². The zero-order valence-electron chi connectivity index (χ0n) is 13.1. The van der Waals surface area contributed by atoms with Crippen molar-refractivity contribution < 1.29 is 4.79 Å². The third-order valence-electron chi connectivity index (χ3n) is 4.06. The normalized spacial score (nSPS) is 18.0. The first kappa shape index (κ1) is 15.3. The van der Waals surface area contributed by atoms with Crippen LogP contribution in [0.1, 0.15) is 30.1 Å². The maximum absolute atomic E-state index is 12.5. The zero-order chi connectivity index (χ0) is 16.2. The van der Waals surface area contributed by atoms with Crippen LogP contribution >= 0.6 is 0 Å². The average Bonchev–Trinajstić information content (AvgIpc) is 2.59. The Bertz CT molecular complexity index is 744. The molecule has 0 radical (unpaired) electrons. The van der Waals surface area contributed by atoms with E-state index in [1.165, 1.54) is 10.7 Å². The van der Waals surface area contributed by atoms with Crippen molar-refractivity contribution in [1.82, 2.24) is 24.6 Å². The number of rotatable bonds is 3. The van der Waals surface area contributed by atoms with Gasteiger partial charge >= 0.3 is 0 Å². The summed E-state index contributed by atoms with van der Waals surface area (Å²) in [7, 11) is 0. The lowest BCUT2D eigenvalue weighted by molar-refractivity contribution is -0.133. The average molecular weight is 313 g/mol. The minimum Gasteiger partial charge on any atom is -0.340 e. The summed E-state index contributed by atoms with van der Waals surface area (Å²) in [5, 5.41) is 4.12. The quantitative estimate of drug-likeness (QED) is 0.835. The van der Waals surface area contributed by atoms with Gasteiger partial charge in [0.05, 0.1) is 11.4 Å². The summed E-state index contributed by atoms with van der Waals surface area (Å²) < 4.78 is 1.23. The maximum Gasteiger partial charge on any atom is 0.267 e. The Hall–Kier alpha value is -2.57. The van der Waals surface area contributed by atoms with Crippen molar-refractivity contribution in [2.45, 2.75) is 32.2 Å². The molecule has 1 saturated heterocycles. The number of nitrogens with zero attached hydrogens (tertiary/aromatic N) is 5. The third kappa shape index (κ3) is 3.61. The summed E-state index contributed by atoms with van der Waals surface area (Å²) in [6.07, 6.45) is 6.98. The Labute approximate surface area is 134 Å². The lowest BCUT2D eigenvalue weighted by Gasteiger charge is -2.32. The Morgan fingerprint density at radius 1 is 1.35 bits per heavy atom. The van der Waals surface area contributed by atoms with E-state index >= 15 is 0 Å². The molecule has 0 spiro atoms. The van der Waals surface area contributed by atoms with Gasteiger partial charge in [-0.1, -0.05) is 0 Å². The van der Waals surface area contributed by atoms with Gasteiger partial charge in [0.15, 0.2) is 0 Å². The molecule has 2 aromatic heterocycles. The van der Waals surface area contributed by atoms with Gasteiger partial charge in [-0.05, 0) is 25.8 Å². The fourth-order valence-electron chi connectivity index (χ4n) is 2.86. The number of hydrogen-bond donors (Lipinski definition) is 0. The SMILES string of the molecule is Cc1ccc(=O)n(CC(=O)N2CCC[C@H](c3cnccn3)C2)n1. The molecule has 0 N–H and O–H groups in total. The van der Waals surface area contributed by atoms with E-state index in [2.05, 4.69) is 15.1 Å². The van der Waals surface area contributed by atoms with E-state index in [1.807, 2.05) is 0 Å². The van der Waals surface area contributed by atoms with Crippen molar-refractivity contribution in [3.8, 4) is 0 Å². The monoisotopic (exact) mass is 313 g/mol. The van der Waals surface area contributed by atoms with Gasteiger partial charge in [0.25, 0.3) is 5.56 Å². The van der Waals surface area contributed by atoms with Gasteiger partial charge in [-0.15, -0.1) is 0 Å². The van der Waals surface area contributed by atoms with E-state index in [0.29, 0.717) is 18.8 Å². The van der Waals surface area contributed by atoms with Crippen LogP contribution in [0.5, 0.6) is 0 Å². The minimum absolute atomic E-state index is 0.0201. The first-order valence-electron chi connectivity index (χ1n) is 7.72. The highest BCUT2D eigenvalue weighted by Crippen LogP contribution is 2.24. The van der Waals surface area contributed by atoms with Crippen molar-refractivity contribution in [1.29, 1.82) is 0 Å². The predicted molar refractivity (Wildman–Crippen MR) is 83.8 cm³/mol. The molecule has 1 aliphatic rings. The van der Waals surface area contributed by atoms with Gasteiger partial charge in [0.1, 0.15) is 6.54 Å². The molecule has 3 heterocycles. The molecule has 1 atom stereocenters. The van der Waals surface area contributed by atoms with Crippen LogP contribution in [0.2, 0.25) is 0 Å². The molecule has 1 amide bonds. The Balaban J connectivity index is 1.70. The van der Waals surface area contributed by atoms with E-state index in [-0.39, 0.29) is 23.9 Å². The number of likely N-dealkylation sites (tertiary alicyclic amines) is 1. The van der Waals surface area contributed by atoms with Crippen molar-refractivity contribution in [3.63, 3.8) is 0 Å². The molecule has 23 heavy (non-hydrogen) atoms. The van der Waals surface area contributed by atoms with Gasteiger partial charge in [0, 0.05) is 43.7 Å². The van der Waals surface area contributed by atoms with Crippen LogP contribution in [0, 0.1) is 6.92 Å². The number of aryl methyl sites for hydroxylation is 1. The highest BCUT2D eigenvalue weighted by Gasteiger charge is 2.26. The zero-order valence-corrected chi connectivity index (χ0v) is 13.1. The summed E-state index contributed by atoms with van der Waals surface area (Å²) in [5.41, 5.74) is 1.37. The number of hydrogen-bond acceptors (Lipinski definition) is 5. The third-order valence-corrected chi connectivity index (χ3v) is 4.06. The number of aromatic nitrogens is 4. The standard InChI is InChI=1S/C16H19N5O2/c1-12-4-5-15(22)21(19-12)11-16(23)20-8-2-3-13(10-20)14-9-17-6-7-18-14/h4-7,9,13H,2-3,8,10-11H2,1H3/t13-/m0/s1. The van der Waals surface area contributed by atoms with E-state index in [0.717, 1.165) is 18.5 Å². The van der Waals surface area contributed by atoms with Crippen LogP contribution in [0.4, 0.5) is 0 Å². The van der Waals surface area contributed by atoms with Gasteiger partial charge in [-0.3, -0.25) is 19.6 Å². The lowest BCUT2D eigenvalue weighted by Crippen LogP contribution is -2.42. The first-order chi connectivity index (χ1) is 11.1. The Kier molecular flexibility index (Phi) is 4.45. The van der Waals surface area contributed by atoms with E-state index < -0.39 is 0 Å². The molecule has 120 valence electrons. The smallest absolute Gasteiger partial charge is 0.267 e. The molecular weight excluding hydrogens is 294 g/mol. The summed E-state index contributed by atoms with van der Waals surface area (Å²) >= 11 is 0. The molecule has 0 bridgehead atoms. The molecular formula is C16H19N5O2. The van der Waals surface area contributed by atoms with Crippen LogP contribution < -0.4 is 5.56 Å². The molecule has 1 fully saturated rings. The summed E-state index contributed by atoms with van der Waals surface area (Å²) in [6.45, 7) is 3.09. The largest absolute Gasteiger partial charge is 0.340 e. The fourth-order valence-corrected chi connectivity index (χ4v) is 2.86. The highest BCUT2D eigenvalue weighted by molar-refractivity contribution is 5.76. The number of carbonyl (C=O) groups excluding carboxylic acids is 1. The van der Waals surface area contributed by atoms with Gasteiger partial charge < -0.3 is 4.90 Å². The second kappa shape index (κ2) is 6.68. The number of piperidine rings is 1. The van der Waals surface area contributed by atoms with E-state index in [4.69, 9.17) is 0 Å². The maximum atomic E-state index is 12.5. The second-order valence-electron chi connectivity index (χ2n) is 5.78. The summed E-state index contributed by atoms with van der Waals surface area (Å²) in [5.74, 6) is 0.113. The molecule has 0 aliphatic carbocycles. The molecule has 3 rings (SSSR count). The fraction of sp³-hybridized carbons (Fsp3) is 0.438. The topological polar surface area (TPSA) is 81.0 Å². The predicted octanol–water partition coefficient (Wildman–Crippen LogP) is 0.748. The molecule has 2 aromatic rings. The van der Waals surface area contributed by atoms with Crippen molar-refractivity contribution in [2.24, 2.45) is 0 Å². The van der Waals surface area contributed by atoms with Crippen LogP contribution in [-0.2, 0) is 11.3 Å². The summed E-state index contributed by atoms with van der Waals surface area (Å²) in [6, 6.07) is 3.09. The summed E-state index contributed by atoms with van der Waals surface area (Å²) in [4.78, 5) is 34.5. The van der Waals surface area contributed by atoms with Gasteiger partial charge in [-0.2, -0.15) is 5.10 Å². The highest BCUT2D eigenvalue weighted by atomic mass is 16.2.